The highest BCUT2D eigenvalue weighted by Gasteiger charge is 1.93. The number of aliphatic hydroxyl groups is 2. The van der Waals surface area contributed by atoms with Crippen LogP contribution in [-0.2, 0) is 4.74 Å². The van der Waals surface area contributed by atoms with Gasteiger partial charge in [0.05, 0.1) is 12.7 Å². The predicted molar refractivity (Wildman–Crippen MR) is 38.5 cm³/mol. The van der Waals surface area contributed by atoms with Crippen LogP contribution in [0.25, 0.3) is 0 Å². The van der Waals surface area contributed by atoms with Crippen LogP contribution >= 0.6 is 0 Å². The van der Waals surface area contributed by atoms with Crippen molar-refractivity contribution in [3.63, 3.8) is 0 Å². The van der Waals surface area contributed by atoms with Gasteiger partial charge in [-0.05, 0) is 19.8 Å². The maximum absolute atomic E-state index is 8.62. The van der Waals surface area contributed by atoms with Gasteiger partial charge in [0.25, 0.3) is 0 Å². The summed E-state index contributed by atoms with van der Waals surface area (Å²) in [6, 6.07) is 0. The molecular formula is C7H15O3. The Morgan fingerprint density at radius 3 is 2.60 bits per heavy atom. The molecule has 3 nitrogen and oxygen atoms in total. The van der Waals surface area contributed by atoms with E-state index in [2.05, 4.69) is 6.92 Å². The van der Waals surface area contributed by atoms with Crippen molar-refractivity contribution in [2.75, 3.05) is 19.8 Å². The molecule has 0 rings (SSSR count). The van der Waals surface area contributed by atoms with Crippen LogP contribution in [-0.4, -0.2) is 36.1 Å². The number of unbranched alkanes of at least 4 members (excludes halogenated alkanes) is 1. The van der Waals surface area contributed by atoms with Gasteiger partial charge in [0.15, 0.2) is 0 Å². The first kappa shape index (κ1) is 9.88. The summed E-state index contributed by atoms with van der Waals surface area (Å²) in [4.78, 5) is 0. The summed E-state index contributed by atoms with van der Waals surface area (Å²) in [5.41, 5.74) is 0. The molecule has 0 saturated heterocycles. The van der Waals surface area contributed by atoms with Gasteiger partial charge in [-0.1, -0.05) is 0 Å². The van der Waals surface area contributed by atoms with E-state index < -0.39 is 6.10 Å². The minimum Gasteiger partial charge on any atom is -0.396 e. The summed E-state index contributed by atoms with van der Waals surface area (Å²) in [6.07, 6.45) is 0.963. The molecule has 0 saturated carbocycles. The first-order valence-corrected chi connectivity index (χ1v) is 3.47. The second kappa shape index (κ2) is 6.99. The minimum absolute atomic E-state index is 0.205. The third kappa shape index (κ3) is 7.88. The minimum atomic E-state index is -0.630. The molecule has 1 radical (unpaired) electrons. The van der Waals surface area contributed by atoms with E-state index >= 15 is 0 Å². The number of hydrogen-bond acceptors (Lipinski definition) is 3. The molecule has 0 fully saturated rings. The highest BCUT2D eigenvalue weighted by molar-refractivity contribution is 4.52. The molecule has 10 heavy (non-hydrogen) atoms. The van der Waals surface area contributed by atoms with Crippen LogP contribution in [0.5, 0.6) is 0 Å². The van der Waals surface area contributed by atoms with Crippen LogP contribution in [0.4, 0.5) is 0 Å². The van der Waals surface area contributed by atoms with Gasteiger partial charge in [0.2, 0.25) is 0 Å². The zero-order valence-electron chi connectivity index (χ0n) is 6.12. The van der Waals surface area contributed by atoms with Crippen LogP contribution in [0.3, 0.4) is 0 Å². The normalized spacial score (nSPS) is 13.5. The van der Waals surface area contributed by atoms with E-state index in [-0.39, 0.29) is 13.2 Å². The predicted octanol–water partition coefficient (Wildman–Crippen LogP) is -0.0295. The first-order valence-electron chi connectivity index (χ1n) is 3.47. The fraction of sp³-hybridized carbons (Fsp3) is 0.857. The standard InChI is InChI=1S/C7H15O3/c1-7(9)6-10-5-3-2-4-8/h7-9H,1-6H2. The summed E-state index contributed by atoms with van der Waals surface area (Å²) < 4.78 is 4.97. The molecule has 61 valence electrons. The highest BCUT2D eigenvalue weighted by atomic mass is 16.5. The molecule has 0 aliphatic rings. The molecule has 0 aliphatic carbocycles. The number of rotatable bonds is 6. The maximum Gasteiger partial charge on any atom is 0.0774 e. The molecule has 1 atom stereocenters. The molecule has 0 aliphatic heterocycles. The number of hydrogen-bond donors (Lipinski definition) is 2. The van der Waals surface area contributed by atoms with Crippen LogP contribution in [0.15, 0.2) is 0 Å². The van der Waals surface area contributed by atoms with Gasteiger partial charge in [0, 0.05) is 13.2 Å². The van der Waals surface area contributed by atoms with E-state index in [9.17, 15) is 0 Å². The van der Waals surface area contributed by atoms with Crippen LogP contribution < -0.4 is 0 Å². The van der Waals surface area contributed by atoms with Gasteiger partial charge in [-0.3, -0.25) is 0 Å². The second-order valence-corrected chi connectivity index (χ2v) is 2.16. The van der Waals surface area contributed by atoms with Crippen LogP contribution in [0.1, 0.15) is 12.8 Å². The maximum atomic E-state index is 8.62. The molecular weight excluding hydrogens is 132 g/mol. The lowest BCUT2D eigenvalue weighted by Crippen LogP contribution is -2.11. The average Bonchev–Trinajstić information content (AvgIpc) is 1.87. The third-order valence-electron chi connectivity index (χ3n) is 1.01. The molecule has 0 aromatic heterocycles. The van der Waals surface area contributed by atoms with Crippen molar-refractivity contribution in [1.82, 2.24) is 0 Å². The Morgan fingerprint density at radius 1 is 1.40 bits per heavy atom. The third-order valence-corrected chi connectivity index (χ3v) is 1.01. The smallest absolute Gasteiger partial charge is 0.0774 e. The van der Waals surface area contributed by atoms with E-state index in [4.69, 9.17) is 14.9 Å². The lowest BCUT2D eigenvalue weighted by atomic mass is 10.3. The van der Waals surface area contributed by atoms with Crippen molar-refractivity contribution in [3.05, 3.63) is 6.92 Å². The fourth-order valence-corrected chi connectivity index (χ4v) is 0.535. The quantitative estimate of drug-likeness (QED) is 0.519. The molecule has 0 amide bonds. The highest BCUT2D eigenvalue weighted by Crippen LogP contribution is 1.89. The van der Waals surface area contributed by atoms with Crippen LogP contribution in [0, 0.1) is 6.92 Å². The summed E-state index contributed by atoms with van der Waals surface area (Å²) >= 11 is 0. The van der Waals surface area contributed by atoms with Crippen molar-refractivity contribution < 1.29 is 14.9 Å². The van der Waals surface area contributed by atoms with Crippen molar-refractivity contribution in [3.8, 4) is 0 Å². The SMILES string of the molecule is [CH2]C(O)COCCCCO. The molecule has 2 N–H and O–H groups in total. The zero-order valence-corrected chi connectivity index (χ0v) is 6.12. The van der Waals surface area contributed by atoms with Gasteiger partial charge in [-0.25, -0.2) is 0 Å². The van der Waals surface area contributed by atoms with Gasteiger partial charge in [-0.2, -0.15) is 0 Å². The largest absolute Gasteiger partial charge is 0.396 e. The Labute approximate surface area is 61.6 Å². The van der Waals surface area contributed by atoms with E-state index in [1.807, 2.05) is 0 Å². The topological polar surface area (TPSA) is 49.7 Å². The summed E-state index contributed by atoms with van der Waals surface area (Å²) in [5, 5.41) is 17.0. The lowest BCUT2D eigenvalue weighted by molar-refractivity contribution is 0.0550. The van der Waals surface area contributed by atoms with E-state index in [0.29, 0.717) is 6.61 Å². The Bertz CT molecular complexity index is 63.9. The van der Waals surface area contributed by atoms with Crippen LogP contribution in [0.2, 0.25) is 0 Å². The first-order chi connectivity index (χ1) is 4.77. The molecule has 3 heteroatoms. The van der Waals surface area contributed by atoms with E-state index in [1.54, 1.807) is 0 Å². The molecule has 0 bridgehead atoms. The van der Waals surface area contributed by atoms with Crippen molar-refractivity contribution in [2.45, 2.75) is 18.9 Å². The van der Waals surface area contributed by atoms with Gasteiger partial charge in [-0.15, -0.1) is 0 Å². The summed E-state index contributed by atoms with van der Waals surface area (Å²) in [5.74, 6) is 0. The zero-order chi connectivity index (χ0) is 7.82. The number of aliphatic hydroxyl groups excluding tert-OH is 2. The molecule has 0 aromatic rings. The van der Waals surface area contributed by atoms with Crippen molar-refractivity contribution in [2.24, 2.45) is 0 Å². The lowest BCUT2D eigenvalue weighted by Gasteiger charge is -2.04. The Kier molecular flexibility index (Phi) is 6.91. The van der Waals surface area contributed by atoms with Crippen molar-refractivity contribution >= 4 is 0 Å². The monoisotopic (exact) mass is 147 g/mol. The van der Waals surface area contributed by atoms with E-state index in [1.165, 1.54) is 0 Å². The Hall–Kier alpha value is -0.120. The summed E-state index contributed by atoms with van der Waals surface area (Å²) in [7, 11) is 0. The average molecular weight is 147 g/mol. The number of ether oxygens (including phenoxy) is 1. The van der Waals surface area contributed by atoms with Gasteiger partial charge < -0.3 is 14.9 Å². The summed E-state index contributed by atoms with van der Waals surface area (Å²) in [6.45, 7) is 4.42. The van der Waals surface area contributed by atoms with Crippen molar-refractivity contribution in [1.29, 1.82) is 0 Å². The molecule has 0 spiro atoms. The Balaban J connectivity index is 2.77. The Morgan fingerprint density at radius 2 is 2.10 bits per heavy atom. The molecule has 1 unspecified atom stereocenters. The fourth-order valence-electron chi connectivity index (χ4n) is 0.535. The molecule has 0 heterocycles. The van der Waals surface area contributed by atoms with E-state index in [0.717, 1.165) is 12.8 Å². The van der Waals surface area contributed by atoms with Gasteiger partial charge >= 0.3 is 0 Å². The van der Waals surface area contributed by atoms with Gasteiger partial charge in [0.1, 0.15) is 0 Å². The second-order valence-electron chi connectivity index (χ2n) is 2.16. The molecule has 0 aromatic carbocycles.